The average molecular weight is 292 g/mol. The summed E-state index contributed by atoms with van der Waals surface area (Å²) < 4.78 is 61.8. The molecule has 0 aliphatic carbocycles. The highest BCUT2D eigenvalue weighted by atomic mass is 31.2. The number of unbranched alkanes of at least 4 members (excludes halogenated alkanes) is 2. The van der Waals surface area contributed by atoms with Gasteiger partial charge in [-0.25, -0.2) is 4.57 Å². The van der Waals surface area contributed by atoms with Crippen molar-refractivity contribution in [1.82, 2.24) is 0 Å². The molecule has 0 aliphatic rings. The Morgan fingerprint density at radius 3 is 1.72 bits per heavy atom. The van der Waals surface area contributed by atoms with E-state index in [1.807, 2.05) is 13.8 Å². The Balaban J connectivity index is 4.25. The van der Waals surface area contributed by atoms with Crippen LogP contribution in [-0.4, -0.2) is 26.0 Å². The molecule has 0 aromatic rings. The lowest BCUT2D eigenvalue weighted by molar-refractivity contribution is -0.158. The van der Waals surface area contributed by atoms with Gasteiger partial charge in [0.2, 0.25) is 0 Å². The molecule has 18 heavy (non-hydrogen) atoms. The minimum Gasteiger partial charge on any atom is -0.287 e. The van der Waals surface area contributed by atoms with Gasteiger partial charge in [-0.15, -0.1) is 0 Å². The van der Waals surface area contributed by atoms with Gasteiger partial charge in [-0.1, -0.05) is 26.7 Å². The molecule has 0 N–H and O–H groups in total. The van der Waals surface area contributed by atoms with Crippen molar-refractivity contribution in [2.45, 2.75) is 45.7 Å². The molecule has 0 saturated heterocycles. The molecule has 0 bridgehead atoms. The zero-order chi connectivity index (χ0) is 14.1. The van der Waals surface area contributed by atoms with Gasteiger partial charge in [-0.05, 0) is 12.8 Å². The minimum atomic E-state index is -4.56. The quantitative estimate of drug-likeness (QED) is 0.444. The predicted molar refractivity (Wildman–Crippen MR) is 61.3 cm³/mol. The first-order valence-corrected chi connectivity index (χ1v) is 7.39. The highest BCUT2D eigenvalue weighted by Crippen LogP contribution is 2.50. The van der Waals surface area contributed by atoms with E-state index in [2.05, 4.69) is 4.52 Å². The molecule has 0 rings (SSSR count). The Hall–Kier alpha value is -0.100. The molecular formula is C10H20F3O4P. The van der Waals surface area contributed by atoms with E-state index in [4.69, 9.17) is 9.05 Å². The van der Waals surface area contributed by atoms with Crippen molar-refractivity contribution in [1.29, 1.82) is 0 Å². The normalized spacial score (nSPS) is 12.9. The molecule has 110 valence electrons. The molecule has 0 amide bonds. The Bertz CT molecular complexity index is 244. The van der Waals surface area contributed by atoms with Crippen molar-refractivity contribution in [3.8, 4) is 0 Å². The summed E-state index contributed by atoms with van der Waals surface area (Å²) in [6.45, 7) is 2.23. The van der Waals surface area contributed by atoms with Gasteiger partial charge < -0.3 is 0 Å². The lowest BCUT2D eigenvalue weighted by Crippen LogP contribution is -2.17. The van der Waals surface area contributed by atoms with Crippen LogP contribution in [0.15, 0.2) is 0 Å². The summed E-state index contributed by atoms with van der Waals surface area (Å²) in [5.41, 5.74) is 0. The molecule has 8 heteroatoms. The summed E-state index contributed by atoms with van der Waals surface area (Å²) in [7, 11) is -4.10. The van der Waals surface area contributed by atoms with E-state index in [9.17, 15) is 17.7 Å². The van der Waals surface area contributed by atoms with Gasteiger partial charge in [0, 0.05) is 0 Å². The molecule has 0 spiro atoms. The van der Waals surface area contributed by atoms with Gasteiger partial charge in [0.15, 0.2) is 6.61 Å². The zero-order valence-electron chi connectivity index (χ0n) is 10.7. The van der Waals surface area contributed by atoms with Crippen LogP contribution < -0.4 is 0 Å². The van der Waals surface area contributed by atoms with Crippen LogP contribution in [0.1, 0.15) is 39.5 Å². The molecule has 4 nitrogen and oxygen atoms in total. The van der Waals surface area contributed by atoms with Crippen LogP contribution in [0.4, 0.5) is 13.2 Å². The van der Waals surface area contributed by atoms with Gasteiger partial charge in [-0.3, -0.25) is 13.6 Å². The Morgan fingerprint density at radius 2 is 1.39 bits per heavy atom. The lowest BCUT2D eigenvalue weighted by Gasteiger charge is -2.18. The fourth-order valence-corrected chi connectivity index (χ4v) is 2.14. The lowest BCUT2D eigenvalue weighted by atomic mass is 10.4. The van der Waals surface area contributed by atoms with Crippen molar-refractivity contribution in [3.63, 3.8) is 0 Å². The second kappa shape index (κ2) is 8.91. The van der Waals surface area contributed by atoms with E-state index in [1.54, 1.807) is 0 Å². The Labute approximate surface area is 105 Å². The molecule has 0 unspecified atom stereocenters. The molecule has 0 radical (unpaired) electrons. The Kier molecular flexibility index (Phi) is 8.86. The summed E-state index contributed by atoms with van der Waals surface area (Å²) in [6, 6.07) is 0. The zero-order valence-corrected chi connectivity index (χ0v) is 11.6. The van der Waals surface area contributed by atoms with Crippen LogP contribution in [0.25, 0.3) is 0 Å². The van der Waals surface area contributed by atoms with Crippen molar-refractivity contribution < 1.29 is 31.3 Å². The smallest absolute Gasteiger partial charge is 0.287 e. The van der Waals surface area contributed by atoms with E-state index < -0.39 is 20.6 Å². The topological polar surface area (TPSA) is 44.8 Å². The predicted octanol–water partition coefficient (Wildman–Crippen LogP) is 4.31. The molecule has 0 atom stereocenters. The molecule has 0 fully saturated rings. The van der Waals surface area contributed by atoms with E-state index in [0.717, 1.165) is 12.8 Å². The maximum Gasteiger partial charge on any atom is 0.475 e. The van der Waals surface area contributed by atoms with Crippen LogP contribution in [0, 0.1) is 0 Å². The van der Waals surface area contributed by atoms with E-state index >= 15 is 0 Å². The minimum absolute atomic E-state index is 0.0533. The third-order valence-electron chi connectivity index (χ3n) is 1.88. The van der Waals surface area contributed by atoms with E-state index in [1.165, 1.54) is 0 Å². The summed E-state index contributed by atoms with van der Waals surface area (Å²) in [5, 5.41) is 0. The molecular weight excluding hydrogens is 272 g/mol. The number of alkyl halides is 3. The van der Waals surface area contributed by atoms with Crippen molar-refractivity contribution in [2.24, 2.45) is 0 Å². The third kappa shape index (κ3) is 9.88. The highest BCUT2D eigenvalue weighted by molar-refractivity contribution is 7.48. The van der Waals surface area contributed by atoms with Crippen molar-refractivity contribution in [3.05, 3.63) is 0 Å². The average Bonchev–Trinajstić information content (AvgIpc) is 2.27. The van der Waals surface area contributed by atoms with E-state index in [-0.39, 0.29) is 13.2 Å². The van der Waals surface area contributed by atoms with Crippen LogP contribution in [-0.2, 0) is 18.1 Å². The maximum atomic E-state index is 12.0. The number of rotatable bonds is 10. The number of hydrogen-bond donors (Lipinski definition) is 0. The van der Waals surface area contributed by atoms with Gasteiger partial charge in [0.25, 0.3) is 0 Å². The molecule has 0 aliphatic heterocycles. The fourth-order valence-electron chi connectivity index (χ4n) is 0.905. The summed E-state index contributed by atoms with van der Waals surface area (Å²) >= 11 is 0. The first-order chi connectivity index (χ1) is 8.33. The maximum absolute atomic E-state index is 12.0. The number of phosphoric ester groups is 1. The second-order valence-corrected chi connectivity index (χ2v) is 5.38. The molecule has 0 heterocycles. The van der Waals surface area contributed by atoms with Gasteiger partial charge in [-0.2, -0.15) is 13.2 Å². The molecule has 0 aromatic carbocycles. The highest BCUT2D eigenvalue weighted by Gasteiger charge is 2.35. The first-order valence-electron chi connectivity index (χ1n) is 5.93. The van der Waals surface area contributed by atoms with Crippen LogP contribution in [0.3, 0.4) is 0 Å². The summed E-state index contributed by atoms with van der Waals surface area (Å²) in [4.78, 5) is 0. The Morgan fingerprint density at radius 1 is 0.944 bits per heavy atom. The summed E-state index contributed by atoms with van der Waals surface area (Å²) in [6.07, 6.45) is -1.85. The molecule has 0 aromatic heterocycles. The van der Waals surface area contributed by atoms with E-state index in [0.29, 0.717) is 12.8 Å². The first kappa shape index (κ1) is 17.9. The van der Waals surface area contributed by atoms with Crippen LogP contribution in [0.5, 0.6) is 0 Å². The van der Waals surface area contributed by atoms with Crippen molar-refractivity contribution >= 4 is 7.82 Å². The third-order valence-corrected chi connectivity index (χ3v) is 3.32. The van der Waals surface area contributed by atoms with Gasteiger partial charge in [0.05, 0.1) is 13.2 Å². The standard InChI is InChI=1S/C10H20F3O4P/c1-3-5-7-15-18(14,16-8-6-4-2)17-9-10(11,12)13/h3-9H2,1-2H3. The van der Waals surface area contributed by atoms with Crippen molar-refractivity contribution in [2.75, 3.05) is 19.8 Å². The fraction of sp³-hybridized carbons (Fsp3) is 1.00. The number of halogens is 3. The van der Waals surface area contributed by atoms with Crippen LogP contribution >= 0.6 is 7.82 Å². The molecule has 0 saturated carbocycles. The summed E-state index contributed by atoms with van der Waals surface area (Å²) in [5.74, 6) is 0. The monoisotopic (exact) mass is 292 g/mol. The largest absolute Gasteiger partial charge is 0.475 e. The van der Waals surface area contributed by atoms with Gasteiger partial charge >= 0.3 is 14.0 Å². The van der Waals surface area contributed by atoms with Crippen LogP contribution in [0.2, 0.25) is 0 Å². The number of hydrogen-bond acceptors (Lipinski definition) is 4. The SMILES string of the molecule is CCCCOP(=O)(OCCCC)OCC(F)(F)F. The number of phosphoric acid groups is 1. The second-order valence-electron chi connectivity index (χ2n) is 3.71. The van der Waals surface area contributed by atoms with Gasteiger partial charge in [0.1, 0.15) is 0 Å².